The molecule has 2 N–H and O–H groups in total. The van der Waals surface area contributed by atoms with Gasteiger partial charge in [0.25, 0.3) is 0 Å². The fourth-order valence-electron chi connectivity index (χ4n) is 2.54. The first-order valence-corrected chi connectivity index (χ1v) is 6.98. The van der Waals surface area contributed by atoms with Gasteiger partial charge >= 0.3 is 0 Å². The van der Waals surface area contributed by atoms with Gasteiger partial charge in [0.15, 0.2) is 0 Å². The summed E-state index contributed by atoms with van der Waals surface area (Å²) in [6, 6.07) is 4.46. The summed E-state index contributed by atoms with van der Waals surface area (Å²) >= 11 is 0. The van der Waals surface area contributed by atoms with Crippen LogP contribution in [0.15, 0.2) is 18.2 Å². The number of aryl methyl sites for hydroxylation is 1. The minimum Gasteiger partial charge on any atom is -0.508 e. The van der Waals surface area contributed by atoms with E-state index in [2.05, 4.69) is 13.8 Å². The Balaban J connectivity index is 0.000000180. The molecule has 0 spiro atoms. The van der Waals surface area contributed by atoms with Crippen LogP contribution in [0.25, 0.3) is 0 Å². The van der Waals surface area contributed by atoms with E-state index in [0.717, 1.165) is 17.4 Å². The van der Waals surface area contributed by atoms with Crippen LogP contribution in [0.2, 0.25) is 0 Å². The molecule has 0 bridgehead atoms. The highest BCUT2D eigenvalue weighted by Crippen LogP contribution is 2.29. The summed E-state index contributed by atoms with van der Waals surface area (Å²) in [7, 11) is 0. The van der Waals surface area contributed by atoms with E-state index in [4.69, 9.17) is 10.2 Å². The Kier molecular flexibility index (Phi) is 6.03. The second kappa shape index (κ2) is 7.30. The highest BCUT2D eigenvalue weighted by Gasteiger charge is 2.15. The topological polar surface area (TPSA) is 40.5 Å². The fourth-order valence-corrected chi connectivity index (χ4v) is 2.54. The zero-order chi connectivity index (χ0) is 13.5. The molecule has 2 nitrogen and oxygen atoms in total. The van der Waals surface area contributed by atoms with Gasteiger partial charge in [-0.1, -0.05) is 46.0 Å². The average molecular weight is 250 g/mol. The predicted octanol–water partition coefficient (Wildman–Crippen LogP) is 4.63. The number of hydrogen-bond donors (Lipinski definition) is 2. The molecule has 0 aromatic heterocycles. The van der Waals surface area contributed by atoms with Crippen molar-refractivity contribution in [3.63, 3.8) is 0 Å². The Morgan fingerprint density at radius 2 is 1.44 bits per heavy atom. The second-order valence-corrected chi connectivity index (χ2v) is 5.67. The van der Waals surface area contributed by atoms with E-state index in [9.17, 15) is 0 Å². The molecule has 0 aliphatic heterocycles. The van der Waals surface area contributed by atoms with E-state index >= 15 is 0 Å². The van der Waals surface area contributed by atoms with Crippen molar-refractivity contribution in [3.8, 4) is 11.5 Å². The van der Waals surface area contributed by atoms with Crippen LogP contribution in [0.3, 0.4) is 0 Å². The van der Waals surface area contributed by atoms with Gasteiger partial charge in [-0.3, -0.25) is 0 Å². The summed E-state index contributed by atoms with van der Waals surface area (Å²) in [5.74, 6) is 2.20. The number of benzene rings is 1. The Bertz CT molecular complexity index is 302. The molecule has 1 aliphatic carbocycles. The molecule has 0 atom stereocenters. The van der Waals surface area contributed by atoms with Crippen LogP contribution in [-0.2, 0) is 0 Å². The molecular weight excluding hydrogens is 224 g/mol. The number of hydrogen-bond acceptors (Lipinski definition) is 2. The summed E-state index contributed by atoms with van der Waals surface area (Å²) in [6.07, 6.45) is 7.46. The largest absolute Gasteiger partial charge is 0.508 e. The van der Waals surface area contributed by atoms with Gasteiger partial charge in [0.1, 0.15) is 11.5 Å². The molecule has 2 heteroatoms. The summed E-state index contributed by atoms with van der Waals surface area (Å²) < 4.78 is 0. The molecule has 1 aromatic carbocycles. The van der Waals surface area contributed by atoms with Crippen molar-refractivity contribution in [2.24, 2.45) is 11.8 Å². The maximum atomic E-state index is 8.83. The Labute approximate surface area is 111 Å². The quantitative estimate of drug-likeness (QED) is 0.763. The third-order valence-corrected chi connectivity index (χ3v) is 3.64. The Morgan fingerprint density at radius 1 is 0.944 bits per heavy atom. The van der Waals surface area contributed by atoms with Crippen molar-refractivity contribution in [2.75, 3.05) is 0 Å². The summed E-state index contributed by atoms with van der Waals surface area (Å²) in [5, 5.41) is 17.7. The smallest absolute Gasteiger partial charge is 0.119 e. The number of rotatable bonds is 1. The van der Waals surface area contributed by atoms with Gasteiger partial charge in [-0.2, -0.15) is 0 Å². The first-order valence-electron chi connectivity index (χ1n) is 6.98. The summed E-state index contributed by atoms with van der Waals surface area (Å²) in [6.45, 7) is 6.52. The highest BCUT2D eigenvalue weighted by atomic mass is 16.3. The van der Waals surface area contributed by atoms with Crippen LogP contribution in [-0.4, -0.2) is 10.2 Å². The van der Waals surface area contributed by atoms with Crippen molar-refractivity contribution >= 4 is 0 Å². The van der Waals surface area contributed by atoms with E-state index in [0.29, 0.717) is 0 Å². The molecule has 2 rings (SSSR count). The molecule has 0 heterocycles. The first kappa shape index (κ1) is 14.9. The summed E-state index contributed by atoms with van der Waals surface area (Å²) in [5.41, 5.74) is 0.854. The van der Waals surface area contributed by atoms with E-state index in [1.165, 1.54) is 38.2 Å². The SMILES string of the molecule is CC(C)C1CCCCC1.Cc1cc(O)cc(O)c1. The maximum absolute atomic E-state index is 8.83. The van der Waals surface area contributed by atoms with Gasteiger partial charge in [0.2, 0.25) is 0 Å². The predicted molar refractivity (Wildman–Crippen MR) is 75.9 cm³/mol. The standard InChI is InChI=1S/C9H18.C7H8O2/c1-8(2)9-6-4-3-5-7-9;1-5-2-6(8)4-7(9)3-5/h8-9H,3-7H2,1-2H3;2-4,8-9H,1H3. The number of aromatic hydroxyl groups is 2. The van der Waals surface area contributed by atoms with Gasteiger partial charge in [-0.25, -0.2) is 0 Å². The summed E-state index contributed by atoms with van der Waals surface area (Å²) in [4.78, 5) is 0. The van der Waals surface area contributed by atoms with Gasteiger partial charge in [-0.15, -0.1) is 0 Å². The number of phenols is 2. The normalized spacial score (nSPS) is 16.2. The Hall–Kier alpha value is -1.18. The molecule has 0 amide bonds. The van der Waals surface area contributed by atoms with Crippen LogP contribution >= 0.6 is 0 Å². The van der Waals surface area contributed by atoms with Crippen LogP contribution in [0.1, 0.15) is 51.5 Å². The van der Waals surface area contributed by atoms with Crippen molar-refractivity contribution < 1.29 is 10.2 Å². The molecule has 0 radical (unpaired) electrons. The third-order valence-electron chi connectivity index (χ3n) is 3.64. The van der Waals surface area contributed by atoms with Crippen LogP contribution < -0.4 is 0 Å². The molecule has 0 saturated heterocycles. The maximum Gasteiger partial charge on any atom is 0.119 e. The zero-order valence-corrected chi connectivity index (χ0v) is 11.8. The molecule has 0 unspecified atom stereocenters. The van der Waals surface area contributed by atoms with Crippen LogP contribution in [0.5, 0.6) is 11.5 Å². The number of phenolic OH excluding ortho intramolecular Hbond substituents is 2. The lowest BCUT2D eigenvalue weighted by molar-refractivity contribution is 0.279. The highest BCUT2D eigenvalue weighted by molar-refractivity contribution is 5.35. The molecule has 1 saturated carbocycles. The first-order chi connectivity index (χ1) is 8.49. The van der Waals surface area contributed by atoms with Gasteiger partial charge in [-0.05, 0) is 36.5 Å². The van der Waals surface area contributed by atoms with E-state index < -0.39 is 0 Å². The molecule has 18 heavy (non-hydrogen) atoms. The monoisotopic (exact) mass is 250 g/mol. The molecule has 1 aliphatic rings. The lowest BCUT2D eigenvalue weighted by Gasteiger charge is -2.24. The van der Waals surface area contributed by atoms with Gasteiger partial charge < -0.3 is 10.2 Å². The van der Waals surface area contributed by atoms with E-state index in [1.54, 1.807) is 19.1 Å². The minimum absolute atomic E-state index is 0.104. The van der Waals surface area contributed by atoms with Gasteiger partial charge in [0.05, 0.1) is 0 Å². The molecule has 102 valence electrons. The van der Waals surface area contributed by atoms with Crippen molar-refractivity contribution in [1.82, 2.24) is 0 Å². The molecule has 1 aromatic rings. The van der Waals surface area contributed by atoms with Gasteiger partial charge in [0, 0.05) is 6.07 Å². The lowest BCUT2D eigenvalue weighted by Crippen LogP contribution is -2.12. The third kappa shape index (κ3) is 5.44. The fraction of sp³-hybridized carbons (Fsp3) is 0.625. The molecule has 1 fully saturated rings. The van der Waals surface area contributed by atoms with Crippen LogP contribution in [0, 0.1) is 18.8 Å². The molecular formula is C16H26O2. The van der Waals surface area contributed by atoms with Crippen molar-refractivity contribution in [2.45, 2.75) is 52.9 Å². The second-order valence-electron chi connectivity index (χ2n) is 5.67. The zero-order valence-electron chi connectivity index (χ0n) is 11.8. The Morgan fingerprint density at radius 3 is 1.78 bits per heavy atom. The van der Waals surface area contributed by atoms with Crippen molar-refractivity contribution in [1.29, 1.82) is 0 Å². The van der Waals surface area contributed by atoms with Crippen LogP contribution in [0.4, 0.5) is 0 Å². The van der Waals surface area contributed by atoms with E-state index in [-0.39, 0.29) is 11.5 Å². The minimum atomic E-state index is 0.104. The lowest BCUT2D eigenvalue weighted by atomic mass is 9.82. The average Bonchev–Trinajstić information content (AvgIpc) is 2.29. The van der Waals surface area contributed by atoms with Crippen molar-refractivity contribution in [3.05, 3.63) is 23.8 Å². The van der Waals surface area contributed by atoms with E-state index in [1.807, 2.05) is 0 Å².